The van der Waals surface area contributed by atoms with Crippen molar-refractivity contribution in [3.63, 3.8) is 0 Å². The fourth-order valence-corrected chi connectivity index (χ4v) is 2.98. The van der Waals surface area contributed by atoms with Crippen molar-refractivity contribution < 1.29 is 0 Å². The molecule has 0 unspecified atom stereocenters. The van der Waals surface area contributed by atoms with E-state index in [0.29, 0.717) is 12.2 Å². The first-order valence-corrected chi connectivity index (χ1v) is 8.15. The number of hydrogen-bond acceptors (Lipinski definition) is 5. The van der Waals surface area contributed by atoms with Crippen molar-refractivity contribution in [3.05, 3.63) is 44.7 Å². The van der Waals surface area contributed by atoms with Crippen LogP contribution in [0.2, 0.25) is 0 Å². The van der Waals surface area contributed by atoms with Gasteiger partial charge in [0, 0.05) is 16.9 Å². The zero-order valence-corrected chi connectivity index (χ0v) is 14.0. The van der Waals surface area contributed by atoms with Gasteiger partial charge in [0.1, 0.15) is 11.3 Å². The van der Waals surface area contributed by atoms with Gasteiger partial charge in [0.25, 0.3) is 0 Å². The third-order valence-electron chi connectivity index (χ3n) is 3.48. The Balaban J connectivity index is 2.01. The molecule has 116 valence electrons. The third-order valence-corrected chi connectivity index (χ3v) is 4.36. The molecule has 0 fully saturated rings. The van der Waals surface area contributed by atoms with Crippen LogP contribution < -0.4 is 5.69 Å². The molecule has 0 bridgehead atoms. The van der Waals surface area contributed by atoms with Gasteiger partial charge >= 0.3 is 5.69 Å². The molecule has 3 rings (SSSR count). The monoisotopic (exact) mass is 317 g/mol. The summed E-state index contributed by atoms with van der Waals surface area (Å²) in [6, 6.07) is 1.87. The molecule has 0 aliphatic carbocycles. The maximum absolute atomic E-state index is 12.5. The highest BCUT2D eigenvalue weighted by molar-refractivity contribution is 7.09. The minimum absolute atomic E-state index is 0.115. The molecule has 3 heterocycles. The van der Waals surface area contributed by atoms with Crippen molar-refractivity contribution in [2.45, 2.75) is 46.1 Å². The second-order valence-electron chi connectivity index (χ2n) is 6.29. The van der Waals surface area contributed by atoms with E-state index in [1.165, 1.54) is 4.52 Å². The van der Waals surface area contributed by atoms with Gasteiger partial charge in [0.2, 0.25) is 0 Å². The lowest BCUT2D eigenvalue weighted by molar-refractivity contribution is 0.556. The Morgan fingerprint density at radius 1 is 1.32 bits per heavy atom. The highest BCUT2D eigenvalue weighted by Crippen LogP contribution is 2.20. The largest absolute Gasteiger partial charge is 0.352 e. The lowest BCUT2D eigenvalue weighted by atomic mass is 9.93. The fourth-order valence-electron chi connectivity index (χ4n) is 2.11. The number of thiazole rings is 1. The molecule has 22 heavy (non-hydrogen) atoms. The van der Waals surface area contributed by atoms with Crippen LogP contribution in [0.5, 0.6) is 0 Å². The summed E-state index contributed by atoms with van der Waals surface area (Å²) < 4.78 is 2.92. The molecule has 3 aromatic heterocycles. The first-order chi connectivity index (χ1) is 10.4. The molecule has 0 aliphatic rings. The average Bonchev–Trinajstić information content (AvgIpc) is 3.08. The maximum Gasteiger partial charge on any atom is 0.352 e. The predicted octanol–water partition coefficient (Wildman–Crippen LogP) is 2.26. The minimum atomic E-state index is -0.186. The van der Waals surface area contributed by atoms with Crippen molar-refractivity contribution in [2.75, 3.05) is 0 Å². The number of nitrogens with zero attached hydrogens (tertiary/aromatic N) is 5. The first-order valence-electron chi connectivity index (χ1n) is 7.27. The van der Waals surface area contributed by atoms with E-state index in [4.69, 9.17) is 0 Å². The van der Waals surface area contributed by atoms with Crippen LogP contribution in [0.4, 0.5) is 0 Å². The number of aromatic nitrogens is 5. The molecule has 0 spiro atoms. The van der Waals surface area contributed by atoms with Crippen molar-refractivity contribution in [1.29, 1.82) is 0 Å². The van der Waals surface area contributed by atoms with Crippen LogP contribution >= 0.6 is 11.3 Å². The van der Waals surface area contributed by atoms with Crippen LogP contribution in [0.1, 0.15) is 44.1 Å². The molecule has 3 aromatic rings. The smallest absolute Gasteiger partial charge is 0.276 e. The molecule has 0 aromatic carbocycles. The van der Waals surface area contributed by atoms with E-state index in [2.05, 4.69) is 42.8 Å². The van der Waals surface area contributed by atoms with Crippen molar-refractivity contribution >= 4 is 17.0 Å². The van der Waals surface area contributed by atoms with Crippen molar-refractivity contribution in [3.8, 4) is 0 Å². The number of aryl methyl sites for hydroxylation is 1. The summed E-state index contributed by atoms with van der Waals surface area (Å²) in [5.41, 5.74) is 2.19. The van der Waals surface area contributed by atoms with Gasteiger partial charge in [-0.15, -0.1) is 11.3 Å². The van der Waals surface area contributed by atoms with Gasteiger partial charge in [-0.2, -0.15) is 9.61 Å². The SMILES string of the molecule is CCc1csc(Cn2cnc3cc(C(C)(C)C)nn3c2=O)n1. The molecule has 0 aliphatic heterocycles. The number of fused-ring (bicyclic) bond motifs is 1. The lowest BCUT2D eigenvalue weighted by Gasteiger charge is -2.13. The van der Waals surface area contributed by atoms with Crippen LogP contribution in [0.25, 0.3) is 5.65 Å². The summed E-state index contributed by atoms with van der Waals surface area (Å²) in [7, 11) is 0. The first kappa shape index (κ1) is 14.9. The summed E-state index contributed by atoms with van der Waals surface area (Å²) in [6.45, 7) is 8.69. The van der Waals surface area contributed by atoms with E-state index < -0.39 is 0 Å². The number of rotatable bonds is 3. The van der Waals surface area contributed by atoms with E-state index >= 15 is 0 Å². The zero-order chi connectivity index (χ0) is 15.9. The van der Waals surface area contributed by atoms with Gasteiger partial charge in [-0.3, -0.25) is 4.57 Å². The maximum atomic E-state index is 12.5. The second kappa shape index (κ2) is 5.31. The van der Waals surface area contributed by atoms with Crippen LogP contribution in [0.15, 0.2) is 22.6 Å². The Bertz CT molecular complexity index is 868. The highest BCUT2D eigenvalue weighted by Gasteiger charge is 2.19. The van der Waals surface area contributed by atoms with Crippen LogP contribution in [0, 0.1) is 0 Å². The van der Waals surface area contributed by atoms with E-state index in [1.54, 1.807) is 22.2 Å². The summed E-state index contributed by atoms with van der Waals surface area (Å²) in [6.07, 6.45) is 2.47. The van der Waals surface area contributed by atoms with E-state index in [0.717, 1.165) is 22.8 Å². The molecular weight excluding hydrogens is 298 g/mol. The second-order valence-corrected chi connectivity index (χ2v) is 7.23. The van der Waals surface area contributed by atoms with Crippen molar-refractivity contribution in [1.82, 2.24) is 24.1 Å². The van der Waals surface area contributed by atoms with Gasteiger partial charge in [0.15, 0.2) is 5.65 Å². The lowest BCUT2D eigenvalue weighted by Crippen LogP contribution is -2.28. The standard InChI is InChI=1S/C15H19N5OS/c1-5-10-8-22-13(17-10)7-19-9-16-12-6-11(15(2,3)4)18-20(12)14(19)21/h6,8-9H,5,7H2,1-4H3. The highest BCUT2D eigenvalue weighted by atomic mass is 32.1. The van der Waals surface area contributed by atoms with Gasteiger partial charge in [-0.25, -0.2) is 14.8 Å². The number of hydrogen-bond donors (Lipinski definition) is 0. The van der Waals surface area contributed by atoms with Gasteiger partial charge in [-0.05, 0) is 6.42 Å². The molecule has 0 radical (unpaired) electrons. The minimum Gasteiger partial charge on any atom is -0.276 e. The zero-order valence-electron chi connectivity index (χ0n) is 13.2. The Labute approximate surface area is 132 Å². The van der Waals surface area contributed by atoms with E-state index in [-0.39, 0.29) is 11.1 Å². The summed E-state index contributed by atoms with van der Waals surface area (Å²) in [5, 5.41) is 7.34. The molecule has 0 saturated carbocycles. The van der Waals surface area contributed by atoms with Gasteiger partial charge in [0.05, 0.1) is 17.9 Å². The summed E-state index contributed by atoms with van der Waals surface area (Å²) >= 11 is 1.56. The van der Waals surface area contributed by atoms with E-state index in [1.807, 2.05) is 11.4 Å². The quantitative estimate of drug-likeness (QED) is 0.743. The van der Waals surface area contributed by atoms with E-state index in [9.17, 15) is 4.79 Å². The topological polar surface area (TPSA) is 65.1 Å². The molecule has 7 heteroatoms. The molecule has 6 nitrogen and oxygen atoms in total. The average molecular weight is 317 g/mol. The Hall–Kier alpha value is -2.02. The van der Waals surface area contributed by atoms with Crippen LogP contribution in [-0.4, -0.2) is 24.1 Å². The molecule has 0 N–H and O–H groups in total. The fraction of sp³-hybridized carbons (Fsp3) is 0.467. The normalized spacial score (nSPS) is 12.2. The predicted molar refractivity (Wildman–Crippen MR) is 86.5 cm³/mol. The van der Waals surface area contributed by atoms with Crippen LogP contribution in [0.3, 0.4) is 0 Å². The molecule has 0 atom stereocenters. The van der Waals surface area contributed by atoms with Gasteiger partial charge in [-0.1, -0.05) is 27.7 Å². The van der Waals surface area contributed by atoms with Crippen LogP contribution in [-0.2, 0) is 18.4 Å². The Kier molecular flexibility index (Phi) is 3.60. The van der Waals surface area contributed by atoms with Crippen molar-refractivity contribution in [2.24, 2.45) is 0 Å². The summed E-state index contributed by atoms with van der Waals surface area (Å²) in [4.78, 5) is 21.4. The summed E-state index contributed by atoms with van der Waals surface area (Å²) in [5.74, 6) is 0. The molecule has 0 saturated heterocycles. The van der Waals surface area contributed by atoms with Gasteiger partial charge < -0.3 is 0 Å². The Morgan fingerprint density at radius 3 is 2.73 bits per heavy atom. The molecule has 0 amide bonds. The molecular formula is C15H19N5OS. The Morgan fingerprint density at radius 2 is 2.09 bits per heavy atom. The third kappa shape index (κ3) is 2.68.